The largest absolute Gasteiger partial charge is 0.473 e. The van der Waals surface area contributed by atoms with Crippen LogP contribution < -0.4 is 10.1 Å². The number of nitrogens with zero attached hydrogens (tertiary/aromatic N) is 2. The zero-order valence-electron chi connectivity index (χ0n) is 8.14. The van der Waals surface area contributed by atoms with Gasteiger partial charge in [-0.15, -0.1) is 12.4 Å². The summed E-state index contributed by atoms with van der Waals surface area (Å²) in [4.78, 5) is 4.04. The molecule has 4 nitrogen and oxygen atoms in total. The molecular formula is C10H12ClN3O. The summed E-state index contributed by atoms with van der Waals surface area (Å²) in [5, 5.41) is 11.8. The summed E-state index contributed by atoms with van der Waals surface area (Å²) in [6, 6.07) is 5.46. The number of ether oxygens (including phenoxy) is 1. The number of pyridine rings is 1. The molecule has 0 aromatic carbocycles. The zero-order valence-corrected chi connectivity index (χ0v) is 8.96. The van der Waals surface area contributed by atoms with Gasteiger partial charge in [0.15, 0.2) is 0 Å². The average molecular weight is 226 g/mol. The lowest BCUT2D eigenvalue weighted by Crippen LogP contribution is -2.19. The van der Waals surface area contributed by atoms with E-state index in [9.17, 15) is 0 Å². The first-order chi connectivity index (χ1) is 6.88. The van der Waals surface area contributed by atoms with E-state index in [1.807, 2.05) is 6.07 Å². The van der Waals surface area contributed by atoms with Crippen LogP contribution in [0.3, 0.4) is 0 Å². The first-order valence-electron chi connectivity index (χ1n) is 4.62. The van der Waals surface area contributed by atoms with Gasteiger partial charge in [0, 0.05) is 18.8 Å². The summed E-state index contributed by atoms with van der Waals surface area (Å²) >= 11 is 0. The van der Waals surface area contributed by atoms with E-state index in [-0.39, 0.29) is 18.5 Å². The first-order valence-corrected chi connectivity index (χ1v) is 4.62. The third-order valence-corrected chi connectivity index (χ3v) is 2.17. The second-order valence-corrected chi connectivity index (χ2v) is 3.23. The summed E-state index contributed by atoms with van der Waals surface area (Å²) in [6.07, 6.45) is 2.76. The Kier molecular flexibility index (Phi) is 4.35. The van der Waals surface area contributed by atoms with Crippen LogP contribution in [0.25, 0.3) is 0 Å². The molecule has 1 N–H and O–H groups in total. The molecule has 1 aliphatic rings. The summed E-state index contributed by atoms with van der Waals surface area (Å²) < 4.78 is 5.59. The molecule has 2 heterocycles. The predicted molar refractivity (Wildman–Crippen MR) is 58.1 cm³/mol. The van der Waals surface area contributed by atoms with E-state index in [1.165, 1.54) is 6.20 Å². The Labute approximate surface area is 94.7 Å². The first kappa shape index (κ1) is 11.8. The van der Waals surface area contributed by atoms with E-state index < -0.39 is 0 Å². The van der Waals surface area contributed by atoms with Crippen LogP contribution in [0.15, 0.2) is 18.3 Å². The second kappa shape index (κ2) is 5.54. The minimum Gasteiger partial charge on any atom is -0.473 e. The Bertz CT molecular complexity index is 341. The quantitative estimate of drug-likeness (QED) is 0.820. The molecule has 0 amide bonds. The van der Waals surface area contributed by atoms with Gasteiger partial charge in [-0.1, -0.05) is 0 Å². The van der Waals surface area contributed by atoms with Gasteiger partial charge in [0.2, 0.25) is 5.88 Å². The molecule has 1 aromatic rings. The third-order valence-electron chi connectivity index (χ3n) is 2.17. The lowest BCUT2D eigenvalue weighted by Gasteiger charge is -2.10. The molecule has 1 aromatic heterocycles. The number of rotatable bonds is 2. The Hall–Kier alpha value is -1.31. The minimum absolute atomic E-state index is 0. The van der Waals surface area contributed by atoms with Crippen LogP contribution in [-0.4, -0.2) is 24.2 Å². The summed E-state index contributed by atoms with van der Waals surface area (Å²) in [5.41, 5.74) is 0.557. The van der Waals surface area contributed by atoms with Crippen molar-refractivity contribution in [3.8, 4) is 11.9 Å². The van der Waals surface area contributed by atoms with Crippen molar-refractivity contribution < 1.29 is 4.74 Å². The molecular weight excluding hydrogens is 214 g/mol. The van der Waals surface area contributed by atoms with Gasteiger partial charge in [-0.3, -0.25) is 0 Å². The van der Waals surface area contributed by atoms with Crippen LogP contribution in [0, 0.1) is 11.3 Å². The van der Waals surface area contributed by atoms with Gasteiger partial charge < -0.3 is 10.1 Å². The van der Waals surface area contributed by atoms with Crippen molar-refractivity contribution >= 4 is 12.4 Å². The molecule has 0 aliphatic carbocycles. The smallest absolute Gasteiger partial charge is 0.213 e. The van der Waals surface area contributed by atoms with E-state index in [1.54, 1.807) is 12.1 Å². The Balaban J connectivity index is 0.00000112. The fourth-order valence-corrected chi connectivity index (χ4v) is 1.42. The predicted octanol–water partition coefficient (Wildman–Crippen LogP) is 1.12. The number of hydrogen-bond acceptors (Lipinski definition) is 4. The van der Waals surface area contributed by atoms with Gasteiger partial charge in [-0.2, -0.15) is 5.26 Å². The fraction of sp³-hybridized carbons (Fsp3) is 0.400. The van der Waals surface area contributed by atoms with Crippen molar-refractivity contribution in [2.24, 2.45) is 0 Å². The minimum atomic E-state index is 0. The van der Waals surface area contributed by atoms with Crippen LogP contribution in [-0.2, 0) is 0 Å². The van der Waals surface area contributed by atoms with E-state index in [2.05, 4.69) is 10.3 Å². The van der Waals surface area contributed by atoms with E-state index >= 15 is 0 Å². The van der Waals surface area contributed by atoms with Gasteiger partial charge in [0.25, 0.3) is 0 Å². The summed E-state index contributed by atoms with van der Waals surface area (Å²) in [7, 11) is 0. The highest BCUT2D eigenvalue weighted by Crippen LogP contribution is 2.11. The fourth-order valence-electron chi connectivity index (χ4n) is 1.42. The van der Waals surface area contributed by atoms with Gasteiger partial charge in [0.1, 0.15) is 12.2 Å². The second-order valence-electron chi connectivity index (χ2n) is 3.23. The lowest BCUT2D eigenvalue weighted by molar-refractivity contribution is 0.214. The maximum atomic E-state index is 8.57. The van der Waals surface area contributed by atoms with Crippen LogP contribution in [0.4, 0.5) is 0 Å². The molecule has 5 heteroatoms. The SMILES string of the molecule is Cl.N#Cc1ccc(O[C@@H]2CCNC2)nc1. The number of aromatic nitrogens is 1. The maximum absolute atomic E-state index is 8.57. The monoisotopic (exact) mass is 225 g/mol. The Morgan fingerprint density at radius 1 is 1.53 bits per heavy atom. The van der Waals surface area contributed by atoms with Gasteiger partial charge >= 0.3 is 0 Å². The molecule has 1 atom stereocenters. The Morgan fingerprint density at radius 3 is 2.93 bits per heavy atom. The number of hydrogen-bond donors (Lipinski definition) is 1. The zero-order chi connectivity index (χ0) is 9.80. The topological polar surface area (TPSA) is 57.9 Å². The van der Waals surface area contributed by atoms with E-state index in [4.69, 9.17) is 10.00 Å². The van der Waals surface area contributed by atoms with Crippen molar-refractivity contribution in [3.05, 3.63) is 23.9 Å². The molecule has 1 aliphatic heterocycles. The molecule has 0 unspecified atom stereocenters. The van der Waals surface area contributed by atoms with E-state index in [0.29, 0.717) is 11.4 Å². The van der Waals surface area contributed by atoms with Crippen LogP contribution >= 0.6 is 12.4 Å². The van der Waals surface area contributed by atoms with Crippen LogP contribution in [0.5, 0.6) is 5.88 Å². The van der Waals surface area contributed by atoms with Crippen molar-refractivity contribution in [2.75, 3.05) is 13.1 Å². The highest BCUT2D eigenvalue weighted by molar-refractivity contribution is 5.85. The van der Waals surface area contributed by atoms with Crippen molar-refractivity contribution in [3.63, 3.8) is 0 Å². The normalized spacial score (nSPS) is 19.0. The van der Waals surface area contributed by atoms with Crippen LogP contribution in [0.2, 0.25) is 0 Å². The molecule has 0 spiro atoms. The van der Waals surface area contributed by atoms with Crippen molar-refractivity contribution in [1.29, 1.82) is 5.26 Å². The highest BCUT2D eigenvalue weighted by Gasteiger charge is 2.15. The van der Waals surface area contributed by atoms with Crippen molar-refractivity contribution in [2.45, 2.75) is 12.5 Å². The van der Waals surface area contributed by atoms with Crippen LogP contribution in [0.1, 0.15) is 12.0 Å². The average Bonchev–Trinajstić information content (AvgIpc) is 2.72. The third kappa shape index (κ3) is 3.08. The van der Waals surface area contributed by atoms with Gasteiger partial charge in [0.05, 0.1) is 5.56 Å². The molecule has 0 saturated carbocycles. The molecule has 2 rings (SSSR count). The molecule has 1 fully saturated rings. The molecule has 0 bridgehead atoms. The molecule has 80 valence electrons. The number of halogens is 1. The maximum Gasteiger partial charge on any atom is 0.213 e. The number of nitriles is 1. The number of nitrogens with one attached hydrogen (secondary N) is 1. The lowest BCUT2D eigenvalue weighted by atomic mass is 10.3. The Morgan fingerprint density at radius 2 is 2.40 bits per heavy atom. The summed E-state index contributed by atoms with van der Waals surface area (Å²) in [5.74, 6) is 0.595. The van der Waals surface area contributed by atoms with Gasteiger partial charge in [-0.05, 0) is 19.0 Å². The van der Waals surface area contributed by atoms with E-state index in [0.717, 1.165) is 19.5 Å². The van der Waals surface area contributed by atoms with Crippen molar-refractivity contribution in [1.82, 2.24) is 10.3 Å². The van der Waals surface area contributed by atoms with Gasteiger partial charge in [-0.25, -0.2) is 4.98 Å². The molecule has 15 heavy (non-hydrogen) atoms. The highest BCUT2D eigenvalue weighted by atomic mass is 35.5. The molecule has 1 saturated heterocycles. The summed E-state index contributed by atoms with van der Waals surface area (Å²) in [6.45, 7) is 1.88. The molecule has 0 radical (unpaired) electrons. The standard InChI is InChI=1S/C10H11N3O.ClH/c11-5-8-1-2-10(13-6-8)14-9-3-4-12-7-9;/h1-2,6,9,12H,3-4,7H2;1H/t9-;/m1./s1.